The molecular formula is C17H20FN3O2S. The SMILES string of the molecule is CC(C)Nc1cc(F)ccc1NC(=O)c1cnc([C@H]2CCCO2)s1. The maximum Gasteiger partial charge on any atom is 0.267 e. The van der Waals surface area contributed by atoms with Gasteiger partial charge in [0.1, 0.15) is 21.8 Å². The van der Waals surface area contributed by atoms with Crippen LogP contribution in [-0.2, 0) is 4.74 Å². The number of nitrogens with one attached hydrogen (secondary N) is 2. The fourth-order valence-electron chi connectivity index (χ4n) is 2.55. The Hall–Kier alpha value is -1.99. The first-order chi connectivity index (χ1) is 11.5. The second kappa shape index (κ2) is 7.27. The maximum absolute atomic E-state index is 13.5. The molecule has 1 aliphatic heterocycles. The number of anilines is 2. The summed E-state index contributed by atoms with van der Waals surface area (Å²) in [5, 5.41) is 6.79. The van der Waals surface area contributed by atoms with Gasteiger partial charge in [0.2, 0.25) is 0 Å². The summed E-state index contributed by atoms with van der Waals surface area (Å²) in [5.74, 6) is -0.607. The highest BCUT2D eigenvalue weighted by atomic mass is 32.1. The first-order valence-electron chi connectivity index (χ1n) is 7.97. The van der Waals surface area contributed by atoms with Crippen molar-refractivity contribution in [3.05, 3.63) is 40.1 Å². The monoisotopic (exact) mass is 349 g/mol. The molecule has 0 unspecified atom stereocenters. The number of carbonyl (C=O) groups excluding carboxylic acids is 1. The zero-order chi connectivity index (χ0) is 17.1. The van der Waals surface area contributed by atoms with E-state index in [1.807, 2.05) is 13.8 Å². The summed E-state index contributed by atoms with van der Waals surface area (Å²) in [5.41, 5.74) is 1.10. The molecule has 1 aliphatic rings. The molecule has 0 bridgehead atoms. The molecule has 3 rings (SSSR count). The van der Waals surface area contributed by atoms with E-state index >= 15 is 0 Å². The fourth-order valence-corrected chi connectivity index (χ4v) is 3.45. The lowest BCUT2D eigenvalue weighted by Crippen LogP contribution is -2.15. The number of hydrogen-bond acceptors (Lipinski definition) is 5. The van der Waals surface area contributed by atoms with E-state index < -0.39 is 0 Å². The van der Waals surface area contributed by atoms with Gasteiger partial charge in [0.15, 0.2) is 0 Å². The quantitative estimate of drug-likeness (QED) is 0.849. The minimum atomic E-state index is -0.352. The maximum atomic E-state index is 13.5. The first kappa shape index (κ1) is 16.9. The van der Waals surface area contributed by atoms with E-state index in [0.717, 1.165) is 24.5 Å². The molecule has 2 N–H and O–H groups in total. The molecule has 1 fully saturated rings. The molecule has 2 aromatic rings. The molecule has 0 aliphatic carbocycles. The number of rotatable bonds is 5. The minimum absolute atomic E-state index is 0.000500. The number of ether oxygens (including phenoxy) is 1. The summed E-state index contributed by atoms with van der Waals surface area (Å²) < 4.78 is 19.1. The van der Waals surface area contributed by atoms with Crippen LogP contribution in [0.4, 0.5) is 15.8 Å². The first-order valence-corrected chi connectivity index (χ1v) is 8.79. The Morgan fingerprint density at radius 2 is 2.25 bits per heavy atom. The van der Waals surface area contributed by atoms with Crippen molar-refractivity contribution < 1.29 is 13.9 Å². The van der Waals surface area contributed by atoms with Crippen LogP contribution in [0.2, 0.25) is 0 Å². The summed E-state index contributed by atoms with van der Waals surface area (Å²) in [7, 11) is 0. The molecule has 0 radical (unpaired) electrons. The third-order valence-corrected chi connectivity index (χ3v) is 4.71. The molecule has 0 saturated carbocycles. The van der Waals surface area contributed by atoms with Crippen molar-refractivity contribution in [2.75, 3.05) is 17.2 Å². The molecule has 1 amide bonds. The lowest BCUT2D eigenvalue weighted by atomic mass is 10.2. The Bertz CT molecular complexity index is 726. The number of nitrogens with zero attached hydrogens (tertiary/aromatic N) is 1. The van der Waals surface area contributed by atoms with Gasteiger partial charge in [0.05, 0.1) is 17.6 Å². The third-order valence-electron chi connectivity index (χ3n) is 3.63. The van der Waals surface area contributed by atoms with Crippen LogP contribution >= 0.6 is 11.3 Å². The average molecular weight is 349 g/mol. The number of benzene rings is 1. The third kappa shape index (κ3) is 3.91. The van der Waals surface area contributed by atoms with E-state index in [4.69, 9.17) is 4.74 Å². The van der Waals surface area contributed by atoms with Gasteiger partial charge in [-0.05, 0) is 44.9 Å². The highest BCUT2D eigenvalue weighted by Gasteiger charge is 2.22. The molecule has 128 valence electrons. The van der Waals surface area contributed by atoms with E-state index in [0.29, 0.717) is 16.3 Å². The molecule has 5 nitrogen and oxygen atoms in total. The standard InChI is InChI=1S/C17H20FN3O2S/c1-10(2)20-13-8-11(18)5-6-12(13)21-16(22)15-9-19-17(24-15)14-4-3-7-23-14/h5-6,8-10,14,20H,3-4,7H2,1-2H3,(H,21,22)/t14-/m1/s1. The predicted molar refractivity (Wildman–Crippen MR) is 93.2 cm³/mol. The van der Waals surface area contributed by atoms with Gasteiger partial charge in [-0.2, -0.15) is 0 Å². The number of carbonyl (C=O) groups is 1. The lowest BCUT2D eigenvalue weighted by molar-refractivity contribution is 0.103. The second-order valence-electron chi connectivity index (χ2n) is 6.01. The van der Waals surface area contributed by atoms with Crippen molar-refractivity contribution in [2.24, 2.45) is 0 Å². The highest BCUT2D eigenvalue weighted by molar-refractivity contribution is 7.13. The van der Waals surface area contributed by atoms with Crippen molar-refractivity contribution in [1.29, 1.82) is 0 Å². The summed E-state index contributed by atoms with van der Waals surface area (Å²) in [6.07, 6.45) is 3.52. The van der Waals surface area contributed by atoms with Crippen molar-refractivity contribution in [3.63, 3.8) is 0 Å². The molecule has 1 saturated heterocycles. The van der Waals surface area contributed by atoms with Crippen molar-refractivity contribution in [1.82, 2.24) is 4.98 Å². The van der Waals surface area contributed by atoms with E-state index in [1.54, 1.807) is 12.3 Å². The molecule has 0 spiro atoms. The van der Waals surface area contributed by atoms with Gasteiger partial charge in [-0.25, -0.2) is 9.37 Å². The summed E-state index contributed by atoms with van der Waals surface area (Å²) >= 11 is 1.34. The van der Waals surface area contributed by atoms with Crippen molar-refractivity contribution in [2.45, 2.75) is 38.8 Å². The van der Waals surface area contributed by atoms with Crippen LogP contribution in [0, 0.1) is 5.82 Å². The molecule has 1 aromatic carbocycles. The largest absolute Gasteiger partial charge is 0.381 e. The molecule has 7 heteroatoms. The van der Waals surface area contributed by atoms with Crippen molar-refractivity contribution in [3.8, 4) is 0 Å². The molecule has 1 aromatic heterocycles. The number of aromatic nitrogens is 1. The average Bonchev–Trinajstić information content (AvgIpc) is 3.19. The van der Waals surface area contributed by atoms with Crippen LogP contribution in [-0.4, -0.2) is 23.5 Å². The van der Waals surface area contributed by atoms with Gasteiger partial charge in [-0.1, -0.05) is 0 Å². The molecule has 2 heterocycles. The zero-order valence-corrected chi connectivity index (χ0v) is 14.5. The van der Waals surface area contributed by atoms with Gasteiger partial charge < -0.3 is 15.4 Å². The summed E-state index contributed by atoms with van der Waals surface area (Å²) in [6, 6.07) is 4.38. The highest BCUT2D eigenvalue weighted by Crippen LogP contribution is 2.32. The molecular weight excluding hydrogens is 329 g/mol. The Labute approximate surface area is 144 Å². The molecule has 24 heavy (non-hydrogen) atoms. The number of hydrogen-bond donors (Lipinski definition) is 2. The predicted octanol–water partition coefficient (Wildman–Crippen LogP) is 4.21. The lowest BCUT2D eigenvalue weighted by Gasteiger charge is -2.15. The van der Waals surface area contributed by atoms with Crippen LogP contribution in [0.25, 0.3) is 0 Å². The number of halogens is 1. The normalized spacial score (nSPS) is 17.2. The summed E-state index contributed by atoms with van der Waals surface area (Å²) in [6.45, 7) is 4.65. The van der Waals surface area contributed by atoms with Crippen molar-refractivity contribution >= 4 is 28.6 Å². The molecule has 1 atom stereocenters. The van der Waals surface area contributed by atoms with E-state index in [2.05, 4.69) is 15.6 Å². The topological polar surface area (TPSA) is 63.2 Å². The van der Waals surface area contributed by atoms with Crippen LogP contribution in [0.1, 0.15) is 47.5 Å². The van der Waals surface area contributed by atoms with Gasteiger partial charge in [-0.15, -0.1) is 11.3 Å². The Balaban J connectivity index is 1.75. The smallest absolute Gasteiger partial charge is 0.267 e. The van der Waals surface area contributed by atoms with Gasteiger partial charge >= 0.3 is 0 Å². The van der Waals surface area contributed by atoms with Crippen LogP contribution in [0.3, 0.4) is 0 Å². The van der Waals surface area contributed by atoms with Gasteiger partial charge in [0, 0.05) is 12.6 Å². The van der Waals surface area contributed by atoms with Crippen LogP contribution in [0.15, 0.2) is 24.4 Å². The second-order valence-corrected chi connectivity index (χ2v) is 7.07. The van der Waals surface area contributed by atoms with E-state index in [9.17, 15) is 9.18 Å². The van der Waals surface area contributed by atoms with E-state index in [-0.39, 0.29) is 23.9 Å². The fraction of sp³-hybridized carbons (Fsp3) is 0.412. The Kier molecular flexibility index (Phi) is 5.11. The van der Waals surface area contributed by atoms with Gasteiger partial charge in [-0.3, -0.25) is 4.79 Å². The minimum Gasteiger partial charge on any atom is -0.381 e. The van der Waals surface area contributed by atoms with Crippen LogP contribution < -0.4 is 10.6 Å². The zero-order valence-electron chi connectivity index (χ0n) is 13.6. The Morgan fingerprint density at radius 1 is 1.42 bits per heavy atom. The summed E-state index contributed by atoms with van der Waals surface area (Å²) in [4.78, 5) is 17.3. The number of thiazole rings is 1. The Morgan fingerprint density at radius 3 is 2.96 bits per heavy atom. The van der Waals surface area contributed by atoms with Crippen LogP contribution in [0.5, 0.6) is 0 Å². The van der Waals surface area contributed by atoms with Gasteiger partial charge in [0.25, 0.3) is 5.91 Å². The van der Waals surface area contributed by atoms with E-state index in [1.165, 1.54) is 23.5 Å². The number of amides is 1.